The van der Waals surface area contributed by atoms with E-state index in [0.29, 0.717) is 28.3 Å². The van der Waals surface area contributed by atoms with Gasteiger partial charge in [-0.3, -0.25) is 4.79 Å². The highest BCUT2D eigenvalue weighted by atomic mass is 32.2. The van der Waals surface area contributed by atoms with E-state index in [9.17, 15) is 4.79 Å². The van der Waals surface area contributed by atoms with Crippen molar-refractivity contribution in [2.45, 2.75) is 78.6 Å². The number of rotatable bonds is 5. The van der Waals surface area contributed by atoms with Gasteiger partial charge in [-0.1, -0.05) is 34.1 Å². The smallest absolute Gasteiger partial charge is 0.321 e. The Bertz CT molecular complexity index is 832. The van der Waals surface area contributed by atoms with Gasteiger partial charge in [0, 0.05) is 5.75 Å². The number of thioether (sulfide) groups is 1. The van der Waals surface area contributed by atoms with E-state index in [1.807, 2.05) is 0 Å². The fraction of sp³-hybridized carbons (Fsp3) is 0.731. The Hall–Kier alpha value is -1.00. The zero-order valence-corrected chi connectivity index (χ0v) is 20.2. The maximum absolute atomic E-state index is 12.2. The van der Waals surface area contributed by atoms with Crippen molar-refractivity contribution >= 4 is 17.7 Å². The van der Waals surface area contributed by atoms with Crippen LogP contribution in [-0.2, 0) is 16.6 Å². The van der Waals surface area contributed by atoms with Gasteiger partial charge in [-0.15, -0.1) is 11.8 Å². The first-order valence-electron chi connectivity index (χ1n) is 11.6. The van der Waals surface area contributed by atoms with Crippen molar-refractivity contribution in [3.05, 3.63) is 28.8 Å². The molecule has 0 heterocycles. The van der Waals surface area contributed by atoms with Crippen molar-refractivity contribution in [3.8, 4) is 5.75 Å². The van der Waals surface area contributed by atoms with E-state index in [-0.39, 0.29) is 23.7 Å². The number of ether oxygens (including phenoxy) is 1. The predicted octanol–water partition coefficient (Wildman–Crippen LogP) is 5.68. The van der Waals surface area contributed by atoms with Crippen molar-refractivity contribution in [1.82, 2.24) is 0 Å². The number of hydrogen-bond donors (Lipinski definition) is 1. The van der Waals surface area contributed by atoms with E-state index in [2.05, 4.69) is 46.8 Å². The molecule has 0 aliphatic heterocycles. The molecule has 0 bridgehead atoms. The molecule has 0 saturated heterocycles. The Kier molecular flexibility index (Phi) is 5.81. The lowest BCUT2D eigenvalue weighted by Crippen LogP contribution is -2.55. The second-order valence-corrected chi connectivity index (χ2v) is 12.2. The largest absolute Gasteiger partial charge is 0.426 e. The van der Waals surface area contributed by atoms with Gasteiger partial charge in [-0.05, 0) is 95.9 Å². The SMILES string of the molecule is Cc1cc(OC(=O)CSCCO)cc2c1[C@@]1(C)CCC3C(C)(C)CCCC3(C)C1C2. The average Bonchev–Trinajstić information content (AvgIpc) is 2.95. The number of carbonyl (C=O) groups is 1. The number of benzene rings is 1. The molecule has 3 aliphatic carbocycles. The molecule has 1 N–H and O–H groups in total. The van der Waals surface area contributed by atoms with Crippen molar-refractivity contribution in [3.63, 3.8) is 0 Å². The Morgan fingerprint density at radius 3 is 2.67 bits per heavy atom. The van der Waals surface area contributed by atoms with Crippen LogP contribution in [0.15, 0.2) is 12.1 Å². The molecule has 1 aromatic carbocycles. The summed E-state index contributed by atoms with van der Waals surface area (Å²) in [5, 5.41) is 8.90. The highest BCUT2D eigenvalue weighted by Gasteiger charge is 2.61. The van der Waals surface area contributed by atoms with Crippen LogP contribution < -0.4 is 4.74 Å². The number of hydrogen-bond acceptors (Lipinski definition) is 4. The van der Waals surface area contributed by atoms with Crippen LogP contribution in [0.2, 0.25) is 0 Å². The first-order chi connectivity index (χ1) is 14.1. The third kappa shape index (κ3) is 3.52. The Morgan fingerprint density at radius 1 is 1.17 bits per heavy atom. The fourth-order valence-electron chi connectivity index (χ4n) is 7.87. The molecule has 4 heteroatoms. The van der Waals surface area contributed by atoms with E-state index >= 15 is 0 Å². The molecule has 0 spiro atoms. The summed E-state index contributed by atoms with van der Waals surface area (Å²) >= 11 is 1.41. The van der Waals surface area contributed by atoms with Gasteiger partial charge in [0.25, 0.3) is 0 Å². The molecule has 3 unspecified atom stereocenters. The maximum atomic E-state index is 12.2. The number of aliphatic hydroxyl groups is 1. The summed E-state index contributed by atoms with van der Waals surface area (Å²) in [7, 11) is 0. The molecule has 166 valence electrons. The number of aryl methyl sites for hydroxylation is 1. The highest BCUT2D eigenvalue weighted by molar-refractivity contribution is 7.99. The van der Waals surface area contributed by atoms with E-state index in [0.717, 1.165) is 12.3 Å². The average molecular weight is 431 g/mol. The third-order valence-electron chi connectivity index (χ3n) is 8.87. The first kappa shape index (κ1) is 22.2. The van der Waals surface area contributed by atoms with Crippen LogP contribution in [0.3, 0.4) is 0 Å². The Balaban J connectivity index is 1.62. The molecule has 3 nitrogen and oxygen atoms in total. The lowest BCUT2D eigenvalue weighted by molar-refractivity contribution is -0.131. The van der Waals surface area contributed by atoms with Crippen LogP contribution in [0.1, 0.15) is 76.5 Å². The van der Waals surface area contributed by atoms with Gasteiger partial charge in [0.05, 0.1) is 12.4 Å². The normalized spacial score (nSPS) is 34.1. The molecular weight excluding hydrogens is 392 g/mol. The van der Waals surface area contributed by atoms with Crippen LogP contribution in [0.25, 0.3) is 0 Å². The van der Waals surface area contributed by atoms with Crippen LogP contribution in [-0.4, -0.2) is 29.2 Å². The van der Waals surface area contributed by atoms with Crippen molar-refractivity contribution < 1.29 is 14.6 Å². The summed E-state index contributed by atoms with van der Waals surface area (Å²) in [4.78, 5) is 12.2. The second kappa shape index (κ2) is 7.85. The monoisotopic (exact) mass is 430 g/mol. The molecule has 0 radical (unpaired) electrons. The summed E-state index contributed by atoms with van der Waals surface area (Å²) in [6.07, 6.45) is 7.76. The number of carbonyl (C=O) groups excluding carboxylic acids is 1. The molecule has 0 amide bonds. The van der Waals surface area contributed by atoms with Crippen molar-refractivity contribution in [2.24, 2.45) is 22.7 Å². The van der Waals surface area contributed by atoms with E-state index in [4.69, 9.17) is 9.84 Å². The summed E-state index contributed by atoms with van der Waals surface area (Å²) in [5.41, 5.74) is 5.27. The van der Waals surface area contributed by atoms with Crippen molar-refractivity contribution in [1.29, 1.82) is 0 Å². The standard InChI is InChI=1S/C26H38O3S/c1-17-13-19(29-22(28)16-30-12-11-27)14-18-15-21-25(4)9-6-8-24(2,3)20(25)7-10-26(21,5)23(17)18/h13-14,20-21,27H,6-12,15-16H2,1-5H3/t20?,21?,25?,26-/m0/s1. The predicted molar refractivity (Wildman–Crippen MR) is 124 cm³/mol. The number of fused-ring (bicyclic) bond motifs is 5. The molecule has 4 atom stereocenters. The van der Waals surface area contributed by atoms with Crippen LogP contribution in [0.5, 0.6) is 5.75 Å². The second-order valence-electron chi connectivity index (χ2n) is 11.1. The van der Waals surface area contributed by atoms with E-state index in [1.54, 1.807) is 0 Å². The lowest BCUT2D eigenvalue weighted by Gasteiger charge is -2.61. The maximum Gasteiger partial charge on any atom is 0.321 e. The molecule has 30 heavy (non-hydrogen) atoms. The fourth-order valence-corrected chi connectivity index (χ4v) is 8.37. The molecule has 1 aromatic rings. The summed E-state index contributed by atoms with van der Waals surface area (Å²) in [5.74, 6) is 2.78. The molecule has 4 rings (SSSR count). The number of aliphatic hydroxyl groups excluding tert-OH is 1. The van der Waals surface area contributed by atoms with Gasteiger partial charge < -0.3 is 9.84 Å². The summed E-state index contributed by atoms with van der Waals surface area (Å²) in [6.45, 7) is 12.4. The molecular formula is C26H38O3S. The van der Waals surface area contributed by atoms with Crippen LogP contribution in [0, 0.1) is 29.6 Å². The van der Waals surface area contributed by atoms with E-state index in [1.165, 1.54) is 60.6 Å². The topological polar surface area (TPSA) is 46.5 Å². The highest BCUT2D eigenvalue weighted by Crippen LogP contribution is 2.67. The minimum atomic E-state index is -0.226. The summed E-state index contributed by atoms with van der Waals surface area (Å²) in [6, 6.07) is 4.22. The molecule has 3 aliphatic rings. The lowest BCUT2D eigenvalue weighted by atomic mass is 9.43. The van der Waals surface area contributed by atoms with Crippen molar-refractivity contribution in [2.75, 3.05) is 18.1 Å². The van der Waals surface area contributed by atoms with Crippen LogP contribution >= 0.6 is 11.8 Å². The zero-order chi connectivity index (χ0) is 21.7. The molecule has 0 aromatic heterocycles. The third-order valence-corrected chi connectivity index (χ3v) is 9.78. The van der Waals surface area contributed by atoms with Gasteiger partial charge in [0.15, 0.2) is 0 Å². The van der Waals surface area contributed by atoms with E-state index < -0.39 is 0 Å². The van der Waals surface area contributed by atoms with Crippen LogP contribution in [0.4, 0.5) is 0 Å². The Labute approximate surface area is 186 Å². The van der Waals surface area contributed by atoms with Gasteiger partial charge >= 0.3 is 5.97 Å². The minimum Gasteiger partial charge on any atom is -0.426 e. The molecule has 2 fully saturated rings. The minimum absolute atomic E-state index is 0.0897. The van der Waals surface area contributed by atoms with Gasteiger partial charge in [0.2, 0.25) is 0 Å². The molecule has 2 saturated carbocycles. The number of esters is 1. The van der Waals surface area contributed by atoms with Gasteiger partial charge in [0.1, 0.15) is 5.75 Å². The first-order valence-corrected chi connectivity index (χ1v) is 12.8. The quantitative estimate of drug-likeness (QED) is 0.371. The zero-order valence-electron chi connectivity index (χ0n) is 19.3. The summed E-state index contributed by atoms with van der Waals surface area (Å²) < 4.78 is 5.68. The van der Waals surface area contributed by atoms with Gasteiger partial charge in [-0.2, -0.15) is 0 Å². The Morgan fingerprint density at radius 2 is 1.93 bits per heavy atom. The van der Waals surface area contributed by atoms with Gasteiger partial charge in [-0.25, -0.2) is 0 Å².